The molecule has 1 aromatic heterocycles. The molecule has 2 atom stereocenters. The average Bonchev–Trinajstić information content (AvgIpc) is 2.75. The molecule has 0 radical (unpaired) electrons. The molecular weight excluding hydrogens is 180 g/mol. The lowest BCUT2D eigenvalue weighted by Gasteiger charge is -2.09. The van der Waals surface area contributed by atoms with Crippen molar-refractivity contribution < 1.29 is 4.79 Å². The molecule has 1 aromatic rings. The Morgan fingerprint density at radius 1 is 1.71 bits per heavy atom. The van der Waals surface area contributed by atoms with E-state index in [2.05, 4.69) is 27.8 Å². The van der Waals surface area contributed by atoms with Crippen molar-refractivity contribution in [2.45, 2.75) is 25.4 Å². The number of nitrogens with zero attached hydrogens (tertiary/aromatic N) is 1. The molecule has 2 heterocycles. The van der Waals surface area contributed by atoms with Gasteiger partial charge >= 0.3 is 0 Å². The summed E-state index contributed by atoms with van der Waals surface area (Å²) in [5.74, 6) is -0.0559. The van der Waals surface area contributed by atoms with Gasteiger partial charge in [-0.15, -0.1) is 0 Å². The fraction of sp³-hybridized carbons (Fsp3) is 0.556. The number of carbonyl (C=O) groups excluding carboxylic acids is 1. The number of hydrogen-bond acceptors (Lipinski definition) is 3. The van der Waals surface area contributed by atoms with Gasteiger partial charge in [0.15, 0.2) is 0 Å². The maximum absolute atomic E-state index is 11.6. The van der Waals surface area contributed by atoms with Crippen LogP contribution in [-0.2, 0) is 0 Å². The first kappa shape index (κ1) is 9.21. The van der Waals surface area contributed by atoms with E-state index in [0.29, 0.717) is 11.6 Å². The van der Waals surface area contributed by atoms with E-state index >= 15 is 0 Å². The van der Waals surface area contributed by atoms with E-state index in [1.54, 1.807) is 6.20 Å². The zero-order valence-electron chi connectivity index (χ0n) is 8.08. The standard InChI is InChI=1S/C9H14N4O/c1-6-2-8(5-10-6)13-9(14)7-3-11-12-4-7/h3-4,6,8,10H,2,5H2,1H3,(H,11,12)(H,13,14). The second kappa shape index (κ2) is 3.79. The van der Waals surface area contributed by atoms with Crippen LogP contribution in [0.4, 0.5) is 0 Å². The van der Waals surface area contributed by atoms with Gasteiger partial charge in [-0.3, -0.25) is 9.89 Å². The Balaban J connectivity index is 1.89. The van der Waals surface area contributed by atoms with Gasteiger partial charge in [0.1, 0.15) is 0 Å². The highest BCUT2D eigenvalue weighted by atomic mass is 16.1. The Morgan fingerprint density at radius 2 is 2.57 bits per heavy atom. The number of rotatable bonds is 2. The summed E-state index contributed by atoms with van der Waals surface area (Å²) in [5.41, 5.74) is 0.588. The Morgan fingerprint density at radius 3 is 3.14 bits per heavy atom. The lowest BCUT2D eigenvalue weighted by molar-refractivity contribution is 0.0940. The van der Waals surface area contributed by atoms with Crippen molar-refractivity contribution in [3.63, 3.8) is 0 Å². The first-order chi connectivity index (χ1) is 6.75. The summed E-state index contributed by atoms with van der Waals surface area (Å²) in [6.07, 6.45) is 4.12. The lowest BCUT2D eigenvalue weighted by Crippen LogP contribution is -2.35. The molecule has 0 spiro atoms. The predicted octanol–water partition coefficient (Wildman–Crippen LogP) is -0.110. The minimum Gasteiger partial charge on any atom is -0.348 e. The Kier molecular flexibility index (Phi) is 2.49. The van der Waals surface area contributed by atoms with E-state index in [0.717, 1.165) is 13.0 Å². The molecule has 1 aliphatic rings. The Bertz CT molecular complexity index is 309. The van der Waals surface area contributed by atoms with E-state index in [-0.39, 0.29) is 11.9 Å². The molecule has 1 fully saturated rings. The molecule has 0 aliphatic carbocycles. The fourth-order valence-corrected chi connectivity index (χ4v) is 1.69. The smallest absolute Gasteiger partial charge is 0.254 e. The highest BCUT2D eigenvalue weighted by Gasteiger charge is 2.22. The first-order valence-corrected chi connectivity index (χ1v) is 4.78. The molecule has 1 aliphatic heterocycles. The molecule has 2 rings (SSSR count). The molecule has 0 bridgehead atoms. The van der Waals surface area contributed by atoms with Gasteiger partial charge in [0.05, 0.1) is 11.8 Å². The van der Waals surface area contributed by atoms with Gasteiger partial charge in [0.25, 0.3) is 5.91 Å². The minimum atomic E-state index is -0.0559. The number of H-pyrrole nitrogens is 1. The molecule has 2 unspecified atom stereocenters. The van der Waals surface area contributed by atoms with Crippen LogP contribution in [0, 0.1) is 0 Å². The van der Waals surface area contributed by atoms with Crippen LogP contribution < -0.4 is 10.6 Å². The quantitative estimate of drug-likeness (QED) is 0.615. The van der Waals surface area contributed by atoms with Crippen LogP contribution in [0.15, 0.2) is 12.4 Å². The van der Waals surface area contributed by atoms with E-state index in [1.165, 1.54) is 6.20 Å². The van der Waals surface area contributed by atoms with Crippen LogP contribution in [0.5, 0.6) is 0 Å². The number of aromatic nitrogens is 2. The first-order valence-electron chi connectivity index (χ1n) is 4.78. The van der Waals surface area contributed by atoms with Gasteiger partial charge in [-0.25, -0.2) is 0 Å². The van der Waals surface area contributed by atoms with Crippen molar-refractivity contribution in [3.05, 3.63) is 18.0 Å². The third-order valence-corrected chi connectivity index (χ3v) is 2.45. The van der Waals surface area contributed by atoms with Crippen molar-refractivity contribution in [2.24, 2.45) is 0 Å². The second-order valence-electron chi connectivity index (χ2n) is 3.70. The summed E-state index contributed by atoms with van der Waals surface area (Å²) in [6, 6.07) is 0.733. The number of hydrogen-bond donors (Lipinski definition) is 3. The molecule has 1 amide bonds. The van der Waals surface area contributed by atoms with Gasteiger partial charge in [0.2, 0.25) is 0 Å². The second-order valence-corrected chi connectivity index (χ2v) is 3.70. The highest BCUT2D eigenvalue weighted by Crippen LogP contribution is 2.06. The summed E-state index contributed by atoms with van der Waals surface area (Å²) >= 11 is 0. The maximum atomic E-state index is 11.6. The van der Waals surface area contributed by atoms with Gasteiger partial charge in [-0.1, -0.05) is 0 Å². The van der Waals surface area contributed by atoms with Crippen molar-refractivity contribution >= 4 is 5.91 Å². The largest absolute Gasteiger partial charge is 0.348 e. The summed E-state index contributed by atoms with van der Waals surface area (Å²) < 4.78 is 0. The Labute approximate surface area is 82.3 Å². The monoisotopic (exact) mass is 194 g/mol. The molecule has 14 heavy (non-hydrogen) atoms. The van der Waals surface area contributed by atoms with Crippen molar-refractivity contribution in [3.8, 4) is 0 Å². The molecule has 0 saturated carbocycles. The maximum Gasteiger partial charge on any atom is 0.254 e. The number of amides is 1. The molecule has 1 saturated heterocycles. The highest BCUT2D eigenvalue weighted by molar-refractivity contribution is 5.93. The topological polar surface area (TPSA) is 69.8 Å². The lowest BCUT2D eigenvalue weighted by atomic mass is 10.2. The summed E-state index contributed by atoms with van der Waals surface area (Å²) in [4.78, 5) is 11.6. The zero-order valence-corrected chi connectivity index (χ0v) is 8.08. The summed E-state index contributed by atoms with van der Waals surface area (Å²) in [6.45, 7) is 2.97. The zero-order chi connectivity index (χ0) is 9.97. The normalized spacial score (nSPS) is 26.4. The molecule has 0 aromatic carbocycles. The van der Waals surface area contributed by atoms with Crippen LogP contribution in [0.25, 0.3) is 0 Å². The minimum absolute atomic E-state index is 0.0559. The van der Waals surface area contributed by atoms with Gasteiger partial charge < -0.3 is 10.6 Å². The molecule has 3 N–H and O–H groups in total. The van der Waals surface area contributed by atoms with Crippen LogP contribution >= 0.6 is 0 Å². The third kappa shape index (κ3) is 1.93. The number of carbonyl (C=O) groups is 1. The van der Waals surface area contributed by atoms with Crippen LogP contribution in [0.1, 0.15) is 23.7 Å². The van der Waals surface area contributed by atoms with Crippen molar-refractivity contribution in [2.75, 3.05) is 6.54 Å². The average molecular weight is 194 g/mol. The van der Waals surface area contributed by atoms with Crippen LogP contribution in [0.2, 0.25) is 0 Å². The van der Waals surface area contributed by atoms with E-state index in [1.807, 2.05) is 0 Å². The van der Waals surface area contributed by atoms with Crippen LogP contribution in [0.3, 0.4) is 0 Å². The van der Waals surface area contributed by atoms with E-state index in [4.69, 9.17) is 0 Å². The molecular formula is C9H14N4O. The van der Waals surface area contributed by atoms with Gasteiger partial charge in [-0.2, -0.15) is 5.10 Å². The van der Waals surface area contributed by atoms with Crippen molar-refractivity contribution in [1.29, 1.82) is 0 Å². The molecule has 5 heteroatoms. The summed E-state index contributed by atoms with van der Waals surface area (Å²) in [5, 5.41) is 12.6. The SMILES string of the molecule is CC1CC(NC(=O)c2cn[nH]c2)CN1. The summed E-state index contributed by atoms with van der Waals surface area (Å²) in [7, 11) is 0. The van der Waals surface area contributed by atoms with Gasteiger partial charge in [0, 0.05) is 24.8 Å². The molecule has 76 valence electrons. The van der Waals surface area contributed by atoms with Crippen molar-refractivity contribution in [1.82, 2.24) is 20.8 Å². The number of nitrogens with one attached hydrogen (secondary N) is 3. The van der Waals surface area contributed by atoms with Crippen LogP contribution in [-0.4, -0.2) is 34.7 Å². The third-order valence-electron chi connectivity index (χ3n) is 2.45. The molecule has 5 nitrogen and oxygen atoms in total. The predicted molar refractivity (Wildman–Crippen MR) is 51.9 cm³/mol. The number of aromatic amines is 1. The van der Waals surface area contributed by atoms with Gasteiger partial charge in [-0.05, 0) is 13.3 Å². The Hall–Kier alpha value is -1.36. The van der Waals surface area contributed by atoms with E-state index in [9.17, 15) is 4.79 Å². The van der Waals surface area contributed by atoms with E-state index < -0.39 is 0 Å². The fourth-order valence-electron chi connectivity index (χ4n) is 1.69.